The number of rotatable bonds is 27. The Bertz CT molecular complexity index is 1430. The van der Waals surface area contributed by atoms with Gasteiger partial charge in [0.15, 0.2) is 0 Å². The molecule has 0 spiro atoms. The number of hydrogen-bond donors (Lipinski definition) is 0. The Balaban J connectivity index is 2.73. The van der Waals surface area contributed by atoms with Crippen LogP contribution in [0.1, 0.15) is 55.5 Å². The summed E-state index contributed by atoms with van der Waals surface area (Å²) in [6.07, 6.45) is 1.67. The normalized spacial score (nSPS) is 12.8. The van der Waals surface area contributed by atoms with Crippen molar-refractivity contribution in [3.8, 4) is 11.5 Å². The zero-order chi connectivity index (χ0) is 38.1. The van der Waals surface area contributed by atoms with Crippen molar-refractivity contribution in [1.29, 1.82) is 0 Å². The van der Waals surface area contributed by atoms with Gasteiger partial charge in [0.2, 0.25) is 0 Å². The van der Waals surface area contributed by atoms with Crippen molar-refractivity contribution in [2.24, 2.45) is 0 Å². The number of halogens is 1. The molecule has 0 aliphatic heterocycles. The molecule has 2 aromatic rings. The van der Waals surface area contributed by atoms with Crippen LogP contribution in [0.2, 0.25) is 0 Å². The molecule has 0 saturated carbocycles. The predicted octanol–water partition coefficient (Wildman–Crippen LogP) is 10.0. The molecule has 0 heterocycles. The second-order valence-corrected chi connectivity index (χ2v) is 20.9. The Labute approximate surface area is 312 Å². The molecule has 18 heteroatoms. The van der Waals surface area contributed by atoms with Gasteiger partial charge in [-0.15, -0.1) is 0 Å². The molecule has 0 aromatic heterocycles. The first-order valence-electron chi connectivity index (χ1n) is 16.9. The zero-order valence-electron chi connectivity index (χ0n) is 31.1. The first kappa shape index (κ1) is 46.5. The summed E-state index contributed by atoms with van der Waals surface area (Å²) in [5.74, 6) is 0.933. The number of ether oxygens (including phenoxy) is 1. The number of alkyl halides is 1. The maximum Gasteiger partial charge on any atom is 0.330 e. The van der Waals surface area contributed by atoms with Gasteiger partial charge in [0.05, 0.1) is 51.1 Å². The van der Waals surface area contributed by atoms with Crippen molar-refractivity contribution in [3.63, 3.8) is 0 Å². The van der Waals surface area contributed by atoms with Gasteiger partial charge in [-0.3, -0.25) is 18.3 Å². The predicted molar refractivity (Wildman–Crippen MR) is 205 cm³/mol. The van der Waals surface area contributed by atoms with Crippen LogP contribution < -0.4 is 4.74 Å². The fraction of sp³-hybridized carbons (Fsp3) is 0.636. The summed E-state index contributed by atoms with van der Waals surface area (Å²) >= 11 is 3.57. The molecule has 0 aliphatic rings. The topological polar surface area (TPSA) is 151 Å². The van der Waals surface area contributed by atoms with Crippen molar-refractivity contribution in [3.05, 3.63) is 58.1 Å². The lowest BCUT2D eigenvalue weighted by Gasteiger charge is -2.22. The highest BCUT2D eigenvalue weighted by Crippen LogP contribution is 2.51. The molecule has 2 aromatic carbocycles. The lowest BCUT2D eigenvalue weighted by molar-refractivity contribution is 0.219. The van der Waals surface area contributed by atoms with Gasteiger partial charge in [-0.2, -0.15) is 0 Å². The molecule has 0 unspecified atom stereocenters. The molecule has 0 atom stereocenters. The highest BCUT2D eigenvalue weighted by molar-refractivity contribution is 9.08. The smallest absolute Gasteiger partial charge is 0.330 e. The summed E-state index contributed by atoms with van der Waals surface area (Å²) < 4.78 is 103. The van der Waals surface area contributed by atoms with E-state index in [1.807, 2.05) is 30.3 Å². The number of aryl methyl sites for hydroxylation is 4. The molecule has 13 nitrogen and oxygen atoms in total. The van der Waals surface area contributed by atoms with E-state index in [1.165, 1.54) is 28.4 Å². The standard InChI is InChI=1S/C33H55BrO13P4/c1-9-43-50(37,44-10-2)19-15-30-22-29(26-34)23-31(16-20-51(38,45-11-3)46-12-4)33(30)47-32-24-27(13-17-48(35,39-5)40-6)21-28(25-32)14-18-49(36,41-7)42-8/h21-25H,9-20,26H2,1-8H3. The monoisotopic (exact) mass is 862 g/mol. The fourth-order valence-corrected chi connectivity index (χ4v) is 11.0. The molecular weight excluding hydrogens is 808 g/mol. The van der Waals surface area contributed by atoms with Crippen LogP contribution in [0.4, 0.5) is 0 Å². The molecule has 51 heavy (non-hydrogen) atoms. The number of benzene rings is 2. The molecule has 0 amide bonds. The summed E-state index contributed by atoms with van der Waals surface area (Å²) in [6, 6.07) is 9.49. The quantitative estimate of drug-likeness (QED) is 0.0619. The Hall–Kier alpha value is -0.680. The van der Waals surface area contributed by atoms with Gasteiger partial charge in [-0.25, -0.2) is 0 Å². The van der Waals surface area contributed by atoms with Crippen molar-refractivity contribution in [1.82, 2.24) is 0 Å². The van der Waals surface area contributed by atoms with Gasteiger partial charge in [0.25, 0.3) is 0 Å². The summed E-state index contributed by atoms with van der Waals surface area (Å²) in [5.41, 5.74) is 3.95. The molecular formula is C33H55BrO13P4. The van der Waals surface area contributed by atoms with Crippen LogP contribution in [0.5, 0.6) is 11.5 Å². The molecule has 0 aliphatic carbocycles. The van der Waals surface area contributed by atoms with E-state index in [0.717, 1.165) is 27.8 Å². The molecule has 0 N–H and O–H groups in total. The highest BCUT2D eigenvalue weighted by Gasteiger charge is 2.28. The molecule has 0 bridgehead atoms. The summed E-state index contributed by atoms with van der Waals surface area (Å²) in [6.45, 7) is 7.96. The Morgan fingerprint density at radius 2 is 0.843 bits per heavy atom. The minimum atomic E-state index is -3.42. The summed E-state index contributed by atoms with van der Waals surface area (Å²) in [4.78, 5) is 0. The van der Waals surface area contributed by atoms with E-state index in [-0.39, 0.29) is 63.9 Å². The van der Waals surface area contributed by atoms with Gasteiger partial charge in [-0.05, 0) is 93.3 Å². The van der Waals surface area contributed by atoms with Crippen LogP contribution in [0, 0.1) is 0 Å². The third-order valence-corrected chi connectivity index (χ3v) is 16.3. The summed E-state index contributed by atoms with van der Waals surface area (Å²) in [5, 5.41) is 0.522. The first-order chi connectivity index (χ1) is 24.2. The van der Waals surface area contributed by atoms with Crippen molar-refractivity contribution in [2.75, 3.05) is 79.5 Å². The minimum Gasteiger partial charge on any atom is -0.457 e. The molecule has 0 radical (unpaired) electrons. The Morgan fingerprint density at radius 1 is 0.490 bits per heavy atom. The van der Waals surface area contributed by atoms with Crippen molar-refractivity contribution in [2.45, 2.75) is 58.7 Å². The average Bonchev–Trinajstić information content (AvgIpc) is 3.12. The van der Waals surface area contributed by atoms with Crippen LogP contribution >= 0.6 is 46.3 Å². The molecule has 2 rings (SSSR count). The number of hydrogen-bond acceptors (Lipinski definition) is 13. The Kier molecular flexibility index (Phi) is 20.6. The largest absolute Gasteiger partial charge is 0.457 e. The maximum absolute atomic E-state index is 13.5. The molecule has 0 fully saturated rings. The van der Waals surface area contributed by atoms with Crippen molar-refractivity contribution < 1.29 is 59.2 Å². The SMILES string of the molecule is CCOP(=O)(CCc1cc(CBr)cc(CCP(=O)(OCC)OCC)c1Oc1cc(CCP(=O)(OC)OC)cc(CCP(=O)(OC)OC)c1)OCC. The van der Waals surface area contributed by atoms with E-state index in [1.54, 1.807) is 27.7 Å². The molecule has 292 valence electrons. The average molecular weight is 864 g/mol. The summed E-state index contributed by atoms with van der Waals surface area (Å²) in [7, 11) is -8.11. The zero-order valence-corrected chi connectivity index (χ0v) is 36.2. The lowest BCUT2D eigenvalue weighted by atomic mass is 10.0. The first-order valence-corrected chi connectivity index (χ1v) is 24.9. The van der Waals surface area contributed by atoms with Crippen LogP contribution in [0.3, 0.4) is 0 Å². The fourth-order valence-electron chi connectivity index (χ4n) is 5.28. The van der Waals surface area contributed by atoms with Crippen LogP contribution in [0.25, 0.3) is 0 Å². The van der Waals surface area contributed by atoms with Gasteiger partial charge in [0, 0.05) is 33.8 Å². The van der Waals surface area contributed by atoms with E-state index in [2.05, 4.69) is 15.9 Å². The highest BCUT2D eigenvalue weighted by atomic mass is 79.9. The van der Waals surface area contributed by atoms with Gasteiger partial charge in [-0.1, -0.05) is 34.1 Å². The lowest BCUT2D eigenvalue weighted by Crippen LogP contribution is -2.08. The van der Waals surface area contributed by atoms with Gasteiger partial charge >= 0.3 is 30.4 Å². The van der Waals surface area contributed by atoms with E-state index >= 15 is 0 Å². The minimum absolute atomic E-state index is 0.102. The van der Waals surface area contributed by atoms with Crippen LogP contribution in [-0.2, 0) is 85.5 Å². The van der Waals surface area contributed by atoms with Crippen LogP contribution in [-0.4, -0.2) is 79.5 Å². The van der Waals surface area contributed by atoms with E-state index < -0.39 is 30.4 Å². The van der Waals surface area contributed by atoms with E-state index in [9.17, 15) is 18.3 Å². The van der Waals surface area contributed by atoms with E-state index in [4.69, 9.17) is 40.9 Å². The van der Waals surface area contributed by atoms with Crippen molar-refractivity contribution >= 4 is 46.3 Å². The second-order valence-electron chi connectivity index (χ2n) is 11.2. The second kappa shape index (κ2) is 22.6. The third kappa shape index (κ3) is 15.2. The van der Waals surface area contributed by atoms with E-state index in [0.29, 0.717) is 29.7 Å². The maximum atomic E-state index is 13.5. The Morgan fingerprint density at radius 3 is 1.16 bits per heavy atom. The third-order valence-electron chi connectivity index (χ3n) is 7.78. The van der Waals surface area contributed by atoms with Crippen LogP contribution in [0.15, 0.2) is 30.3 Å². The van der Waals surface area contributed by atoms with Gasteiger partial charge < -0.3 is 40.9 Å². The molecule has 0 saturated heterocycles. The van der Waals surface area contributed by atoms with Gasteiger partial charge in [0.1, 0.15) is 11.5 Å².